The third kappa shape index (κ3) is 10.7. The van der Waals surface area contributed by atoms with Crippen LogP contribution in [0.3, 0.4) is 0 Å². The maximum atomic E-state index is 14.7. The maximum Gasteiger partial charge on any atom is 0.416 e. The molecule has 0 aromatic heterocycles. The Morgan fingerprint density at radius 1 is 0.795 bits per heavy atom. The van der Waals surface area contributed by atoms with E-state index in [9.17, 15) is 19.2 Å². The molecule has 16 nitrogen and oxygen atoms in total. The van der Waals surface area contributed by atoms with Gasteiger partial charge in [0, 0.05) is 24.9 Å². The van der Waals surface area contributed by atoms with Crippen LogP contribution in [-0.2, 0) is 13.9 Å². The van der Waals surface area contributed by atoms with Gasteiger partial charge in [-0.1, -0.05) is 58.2 Å². The summed E-state index contributed by atoms with van der Waals surface area (Å²) in [7, 11) is 0.627. The van der Waals surface area contributed by atoms with Crippen molar-refractivity contribution in [2.24, 2.45) is 5.41 Å². The first kappa shape index (κ1) is 51.4. The number of carbonyl (C=O) groups excluding carboxylic acids is 4. The number of hydrogen-bond donors (Lipinski definition) is 0. The topological polar surface area (TPSA) is 155 Å². The number of hydrogen-bond acceptors (Lipinski definition) is 12. The highest BCUT2D eigenvalue weighted by atomic mass is 28.4. The molecule has 3 fully saturated rings. The molecule has 73 heavy (non-hydrogen) atoms. The molecule has 4 aliphatic heterocycles. The lowest BCUT2D eigenvalue weighted by Crippen LogP contribution is -2.58. The highest BCUT2D eigenvalue weighted by Gasteiger charge is 2.60. The van der Waals surface area contributed by atoms with E-state index in [2.05, 4.69) is 47.0 Å². The van der Waals surface area contributed by atoms with Crippen LogP contribution in [0, 0.1) is 5.41 Å². The van der Waals surface area contributed by atoms with Crippen molar-refractivity contribution in [1.82, 2.24) is 9.80 Å². The van der Waals surface area contributed by atoms with Gasteiger partial charge in [-0.05, 0) is 117 Å². The lowest BCUT2D eigenvalue weighted by atomic mass is 10.0. The van der Waals surface area contributed by atoms with Crippen molar-refractivity contribution < 1.29 is 56.8 Å². The van der Waals surface area contributed by atoms with Crippen molar-refractivity contribution in [3.05, 3.63) is 96.7 Å². The lowest BCUT2D eigenvalue weighted by molar-refractivity contribution is 0.0528. The summed E-state index contributed by atoms with van der Waals surface area (Å²) in [5, 5.41) is -0.182. The Labute approximate surface area is 429 Å². The van der Waals surface area contributed by atoms with Crippen LogP contribution >= 0.6 is 0 Å². The number of benzene rings is 3. The number of methoxy groups -OCH3 is 2. The fourth-order valence-electron chi connectivity index (χ4n) is 9.92. The van der Waals surface area contributed by atoms with Crippen molar-refractivity contribution in [2.75, 3.05) is 63.5 Å². The molecule has 1 spiro atoms. The Balaban J connectivity index is 0.913. The van der Waals surface area contributed by atoms with Crippen molar-refractivity contribution in [1.29, 1.82) is 0 Å². The van der Waals surface area contributed by atoms with E-state index in [1.807, 2.05) is 35.4 Å². The standard InChI is InChI=1S/C56H70N4O12Si/c1-10-23-69-53(63)58-34-38-27-37(36-15-17-39(65-6)18-16-36)33-57(38)50(61)41-29-49(71-40-19-20-40)48(30-43(41)58)68-26-14-12-13-25-67-47-31-44-42(28-46(47)66-7)51(62)59-35-56(21-22-56)32-45(59)52(60(44)54(64)70-24-11-2)72-73(8,9)55(3,4)5/h10-11,15-18,28-31,33,38,40,45,52H,1-2,12-14,19-27,32,34-35H2,3-9H3/t38-,45-,52?/m0/s1. The SMILES string of the molecule is C=CCOC(=O)N1C[C@@H]2CC(c3ccc(OC)cc3)=CN2C(=O)c2cc(OC3CC3)c(OCCCCCOc3cc4c(cc3OC)C(=O)N3CC5(CC5)C[C@H]3C(O[Si](C)(C)C(C)(C)C)N4C(=O)OCC=C)cc21. The molecule has 4 heterocycles. The Bertz CT molecular complexity index is 2660. The van der Waals surface area contributed by atoms with Crippen LogP contribution in [0.25, 0.3) is 5.57 Å². The molecule has 3 atom stereocenters. The van der Waals surface area contributed by atoms with Crippen LogP contribution in [0.1, 0.15) is 105 Å². The molecule has 0 N–H and O–H groups in total. The number of amides is 4. The fraction of sp³-hybridized carbons (Fsp3) is 0.500. The van der Waals surface area contributed by atoms with Crippen molar-refractivity contribution in [3.8, 4) is 28.7 Å². The quantitative estimate of drug-likeness (QED) is 0.0637. The Morgan fingerprint density at radius 3 is 2.04 bits per heavy atom. The molecule has 17 heteroatoms. The minimum absolute atomic E-state index is 0.00346. The van der Waals surface area contributed by atoms with Crippen LogP contribution in [0.15, 0.2) is 80.0 Å². The summed E-state index contributed by atoms with van der Waals surface area (Å²) in [5.74, 6) is 1.92. The van der Waals surface area contributed by atoms with Crippen molar-refractivity contribution >= 4 is 49.3 Å². The number of nitrogens with zero attached hydrogens (tertiary/aromatic N) is 4. The van der Waals surface area contributed by atoms with E-state index in [-0.39, 0.29) is 60.2 Å². The summed E-state index contributed by atoms with van der Waals surface area (Å²) < 4.78 is 49.0. The summed E-state index contributed by atoms with van der Waals surface area (Å²) >= 11 is 0. The molecular weight excluding hydrogens is 949 g/mol. The van der Waals surface area contributed by atoms with Gasteiger partial charge in [0.05, 0.1) is 74.7 Å². The summed E-state index contributed by atoms with van der Waals surface area (Å²) in [6.45, 7) is 19.7. The number of ether oxygens (including phenoxy) is 7. The van der Waals surface area contributed by atoms with Gasteiger partial charge in [-0.2, -0.15) is 0 Å². The van der Waals surface area contributed by atoms with Crippen LogP contribution in [0.4, 0.5) is 21.0 Å². The third-order valence-electron chi connectivity index (χ3n) is 15.3. The Morgan fingerprint density at radius 2 is 1.42 bits per heavy atom. The van der Waals surface area contributed by atoms with E-state index in [0.29, 0.717) is 90.9 Å². The van der Waals surface area contributed by atoms with Gasteiger partial charge < -0.3 is 47.4 Å². The van der Waals surface area contributed by atoms with Crippen LogP contribution in [-0.4, -0.2) is 120 Å². The number of anilines is 2. The summed E-state index contributed by atoms with van der Waals surface area (Å²) in [4.78, 5) is 63.9. The second-order valence-corrected chi connectivity index (χ2v) is 26.3. The molecule has 3 aromatic rings. The molecule has 6 aliphatic rings. The smallest absolute Gasteiger partial charge is 0.416 e. The van der Waals surface area contributed by atoms with Gasteiger partial charge in [-0.25, -0.2) is 14.5 Å². The van der Waals surface area contributed by atoms with E-state index < -0.39 is 26.7 Å². The van der Waals surface area contributed by atoms with Gasteiger partial charge in [0.15, 0.2) is 37.5 Å². The van der Waals surface area contributed by atoms with Crippen LogP contribution in [0.5, 0.6) is 28.7 Å². The molecule has 2 saturated carbocycles. The van der Waals surface area contributed by atoms with E-state index in [0.717, 1.165) is 49.0 Å². The maximum absolute atomic E-state index is 14.7. The monoisotopic (exact) mass is 1020 g/mol. The fourth-order valence-corrected chi connectivity index (χ4v) is 11.1. The van der Waals surface area contributed by atoms with Gasteiger partial charge in [0.2, 0.25) is 0 Å². The Hall–Kier alpha value is -6.46. The molecule has 2 aliphatic carbocycles. The molecule has 1 unspecified atom stereocenters. The molecule has 0 radical (unpaired) electrons. The minimum atomic E-state index is -2.53. The first-order chi connectivity index (χ1) is 35.0. The highest BCUT2D eigenvalue weighted by Crippen LogP contribution is 2.58. The Kier molecular flexibility index (Phi) is 14.7. The average Bonchev–Trinajstić information content (AvgIpc) is 4.28. The van der Waals surface area contributed by atoms with E-state index in [1.54, 1.807) is 36.3 Å². The molecule has 1 saturated heterocycles. The molecule has 3 aromatic carbocycles. The van der Waals surface area contributed by atoms with Crippen LogP contribution in [0.2, 0.25) is 18.1 Å². The molecule has 9 rings (SSSR count). The molecule has 390 valence electrons. The molecular formula is C56H70N4O12Si. The summed E-state index contributed by atoms with van der Waals surface area (Å²) in [6.07, 6.45) is 9.99. The van der Waals surface area contributed by atoms with Crippen LogP contribution < -0.4 is 33.5 Å². The first-order valence-electron chi connectivity index (χ1n) is 25.6. The zero-order valence-corrected chi connectivity index (χ0v) is 44.4. The zero-order valence-electron chi connectivity index (χ0n) is 43.4. The number of carbonyl (C=O) groups is 4. The van der Waals surface area contributed by atoms with Gasteiger partial charge in [-0.15, -0.1) is 0 Å². The van der Waals surface area contributed by atoms with Gasteiger partial charge >= 0.3 is 12.2 Å². The predicted molar refractivity (Wildman–Crippen MR) is 280 cm³/mol. The number of unbranched alkanes of at least 4 members (excludes halogenated alkanes) is 2. The van der Waals surface area contributed by atoms with Crippen molar-refractivity contribution in [2.45, 2.75) is 121 Å². The molecule has 4 amide bonds. The molecule has 0 bridgehead atoms. The first-order valence-corrected chi connectivity index (χ1v) is 28.5. The largest absolute Gasteiger partial charge is 0.497 e. The minimum Gasteiger partial charge on any atom is -0.497 e. The van der Waals surface area contributed by atoms with Gasteiger partial charge in [-0.3, -0.25) is 14.5 Å². The second-order valence-electron chi connectivity index (χ2n) is 21.5. The number of rotatable bonds is 19. The second kappa shape index (κ2) is 20.8. The third-order valence-corrected chi connectivity index (χ3v) is 19.8. The van der Waals surface area contributed by atoms with Crippen molar-refractivity contribution in [3.63, 3.8) is 0 Å². The van der Waals surface area contributed by atoms with E-state index in [1.165, 1.54) is 29.1 Å². The normalized spacial score (nSPS) is 20.7. The van der Waals surface area contributed by atoms with Gasteiger partial charge in [0.1, 0.15) is 19.0 Å². The number of fused-ring (bicyclic) bond motifs is 4. The zero-order chi connectivity index (χ0) is 51.8. The van der Waals surface area contributed by atoms with E-state index >= 15 is 0 Å². The summed E-state index contributed by atoms with van der Waals surface area (Å²) in [5.41, 5.74) is 3.32. The van der Waals surface area contributed by atoms with Gasteiger partial charge in [0.25, 0.3) is 11.8 Å². The average molecular weight is 1020 g/mol. The predicted octanol–water partition coefficient (Wildman–Crippen LogP) is 10.8. The lowest BCUT2D eigenvalue weighted by Gasteiger charge is -2.44. The highest BCUT2D eigenvalue weighted by molar-refractivity contribution is 6.74. The summed E-state index contributed by atoms with van der Waals surface area (Å²) in [6, 6.07) is 13.8. The van der Waals surface area contributed by atoms with E-state index in [4.69, 9.17) is 37.6 Å².